The summed E-state index contributed by atoms with van der Waals surface area (Å²) in [5.74, 6) is -1.07. The van der Waals surface area contributed by atoms with Gasteiger partial charge in [0, 0.05) is 6.54 Å². The average molecular weight is 533 g/mol. The third-order valence-corrected chi connectivity index (χ3v) is 6.49. The van der Waals surface area contributed by atoms with Crippen LogP contribution >= 0.6 is 0 Å². The van der Waals surface area contributed by atoms with Crippen molar-refractivity contribution >= 4 is 16.0 Å². The Balaban J connectivity index is 1.59. The van der Waals surface area contributed by atoms with Crippen molar-refractivity contribution in [3.05, 3.63) is 119 Å². The van der Waals surface area contributed by atoms with Crippen LogP contribution in [0, 0.1) is 5.82 Å². The molecule has 0 bridgehead atoms. The second-order valence-corrected chi connectivity index (χ2v) is 9.48. The predicted molar refractivity (Wildman–Crippen MR) is 124 cm³/mol. The minimum absolute atomic E-state index is 0.00617. The van der Waals surface area contributed by atoms with Crippen LogP contribution in [-0.4, -0.2) is 19.2 Å². The van der Waals surface area contributed by atoms with E-state index in [4.69, 9.17) is 8.60 Å². The largest absolute Gasteiger partial charge is 0.467 e. The van der Waals surface area contributed by atoms with Gasteiger partial charge in [0.15, 0.2) is 0 Å². The average Bonchev–Trinajstić information content (AvgIpc) is 3.36. The van der Waals surface area contributed by atoms with Crippen LogP contribution in [0.2, 0.25) is 0 Å². The molecule has 1 aromatic heterocycles. The van der Waals surface area contributed by atoms with E-state index < -0.39 is 38.5 Å². The zero-order chi connectivity index (χ0) is 26.6. The summed E-state index contributed by atoms with van der Waals surface area (Å²) in [7, 11) is -4.59. The molecule has 0 aliphatic carbocycles. The zero-order valence-electron chi connectivity index (χ0n) is 19.0. The van der Waals surface area contributed by atoms with E-state index in [1.807, 2.05) is 0 Å². The number of rotatable bonds is 8. The molecule has 1 amide bonds. The highest BCUT2D eigenvalue weighted by molar-refractivity contribution is 7.87. The lowest BCUT2D eigenvalue weighted by Crippen LogP contribution is -2.30. The Morgan fingerprint density at radius 2 is 1.65 bits per heavy atom. The van der Waals surface area contributed by atoms with Gasteiger partial charge in [-0.05, 0) is 60.2 Å². The lowest BCUT2D eigenvalue weighted by Gasteiger charge is -2.22. The third-order valence-electron chi connectivity index (χ3n) is 5.25. The predicted octanol–water partition coefficient (Wildman–Crippen LogP) is 6.05. The first-order chi connectivity index (χ1) is 17.5. The molecule has 0 N–H and O–H groups in total. The monoisotopic (exact) mass is 533 g/mol. The summed E-state index contributed by atoms with van der Waals surface area (Å²) >= 11 is 0. The standard InChI is InChI=1S/C26H19F4NO5S/c27-24-12-2-1-11-23(24)25(32)31(17-21-9-5-13-35-21)16-18-6-3-8-20(14-18)36-37(33,34)22-10-4-7-19(15-22)26(28,29)30/h1-15H,16-17H2. The number of carbonyl (C=O) groups excluding carboxylic acids is 1. The summed E-state index contributed by atoms with van der Waals surface area (Å²) in [4.78, 5) is 13.8. The van der Waals surface area contributed by atoms with Gasteiger partial charge in [-0.2, -0.15) is 21.6 Å². The van der Waals surface area contributed by atoms with Gasteiger partial charge in [-0.25, -0.2) is 4.39 Å². The Morgan fingerprint density at radius 1 is 0.892 bits per heavy atom. The number of benzene rings is 3. The minimum atomic E-state index is -4.73. The molecule has 11 heteroatoms. The molecule has 0 atom stereocenters. The van der Waals surface area contributed by atoms with E-state index in [0.29, 0.717) is 17.4 Å². The molecular formula is C26H19F4NO5S. The maximum absolute atomic E-state index is 14.3. The Labute approximate surface area is 209 Å². The highest BCUT2D eigenvalue weighted by Crippen LogP contribution is 2.31. The normalized spacial score (nSPS) is 11.8. The Kier molecular flexibility index (Phi) is 7.35. The van der Waals surface area contributed by atoms with Gasteiger partial charge in [-0.15, -0.1) is 0 Å². The molecule has 37 heavy (non-hydrogen) atoms. The number of nitrogens with zero attached hydrogens (tertiary/aromatic N) is 1. The minimum Gasteiger partial charge on any atom is -0.467 e. The second-order valence-electron chi connectivity index (χ2n) is 7.93. The molecule has 0 saturated heterocycles. The number of hydrogen-bond donors (Lipinski definition) is 0. The van der Waals surface area contributed by atoms with E-state index in [0.717, 1.165) is 24.3 Å². The quantitative estimate of drug-likeness (QED) is 0.204. The van der Waals surface area contributed by atoms with Crippen molar-refractivity contribution in [2.24, 2.45) is 0 Å². The second kappa shape index (κ2) is 10.5. The third kappa shape index (κ3) is 6.36. The maximum Gasteiger partial charge on any atom is 0.416 e. The molecule has 6 nitrogen and oxygen atoms in total. The maximum atomic E-state index is 14.3. The van der Waals surface area contributed by atoms with Crippen LogP contribution in [0.4, 0.5) is 17.6 Å². The van der Waals surface area contributed by atoms with Crippen LogP contribution in [0.25, 0.3) is 0 Å². The van der Waals surface area contributed by atoms with E-state index in [9.17, 15) is 30.8 Å². The highest BCUT2D eigenvalue weighted by atomic mass is 32.2. The topological polar surface area (TPSA) is 76.8 Å². The van der Waals surface area contributed by atoms with E-state index in [1.165, 1.54) is 47.6 Å². The van der Waals surface area contributed by atoms with Gasteiger partial charge >= 0.3 is 16.3 Å². The summed E-state index contributed by atoms with van der Waals surface area (Å²) in [6, 6.07) is 17.6. The first-order valence-electron chi connectivity index (χ1n) is 10.8. The fourth-order valence-electron chi connectivity index (χ4n) is 3.51. The first-order valence-corrected chi connectivity index (χ1v) is 12.2. The number of halogens is 4. The number of furan rings is 1. The number of amides is 1. The van der Waals surface area contributed by atoms with Crippen LogP contribution < -0.4 is 4.18 Å². The van der Waals surface area contributed by atoms with E-state index in [2.05, 4.69) is 0 Å². The van der Waals surface area contributed by atoms with Crippen molar-refractivity contribution in [1.29, 1.82) is 0 Å². The van der Waals surface area contributed by atoms with Gasteiger partial charge in [0.2, 0.25) is 0 Å². The lowest BCUT2D eigenvalue weighted by molar-refractivity contribution is -0.137. The molecule has 0 aliphatic rings. The SMILES string of the molecule is O=C(c1ccccc1F)N(Cc1cccc(OS(=O)(=O)c2cccc(C(F)(F)F)c2)c1)Cc1ccco1. The van der Waals surface area contributed by atoms with Crippen LogP contribution in [0.3, 0.4) is 0 Å². The summed E-state index contributed by atoms with van der Waals surface area (Å²) in [6.45, 7) is -0.0809. The molecule has 1 heterocycles. The molecule has 3 aromatic carbocycles. The summed E-state index contributed by atoms with van der Waals surface area (Å²) in [5, 5.41) is 0. The molecule has 0 radical (unpaired) electrons. The molecule has 192 valence electrons. The highest BCUT2D eigenvalue weighted by Gasteiger charge is 2.32. The van der Waals surface area contributed by atoms with Gasteiger partial charge in [-0.3, -0.25) is 4.79 Å². The molecule has 4 aromatic rings. The van der Waals surface area contributed by atoms with E-state index >= 15 is 0 Å². The van der Waals surface area contributed by atoms with Gasteiger partial charge in [0.25, 0.3) is 5.91 Å². The van der Waals surface area contributed by atoms with E-state index in [-0.39, 0.29) is 24.4 Å². The Bertz CT molecular complexity index is 1500. The van der Waals surface area contributed by atoms with Crippen molar-refractivity contribution in [3.8, 4) is 5.75 Å². The van der Waals surface area contributed by atoms with Crippen molar-refractivity contribution in [2.45, 2.75) is 24.2 Å². The van der Waals surface area contributed by atoms with Gasteiger partial charge < -0.3 is 13.5 Å². The van der Waals surface area contributed by atoms with Gasteiger partial charge in [0.05, 0.1) is 23.9 Å². The Hall–Kier alpha value is -4.12. The van der Waals surface area contributed by atoms with E-state index in [1.54, 1.807) is 18.2 Å². The molecule has 0 saturated carbocycles. The number of alkyl halides is 3. The van der Waals surface area contributed by atoms with Crippen molar-refractivity contribution in [3.63, 3.8) is 0 Å². The van der Waals surface area contributed by atoms with Crippen molar-refractivity contribution in [2.75, 3.05) is 0 Å². The van der Waals surface area contributed by atoms with Crippen molar-refractivity contribution < 1.29 is 39.4 Å². The van der Waals surface area contributed by atoms with Crippen LogP contribution in [-0.2, 0) is 29.4 Å². The number of carbonyl (C=O) groups is 1. The molecule has 0 aliphatic heterocycles. The first kappa shape index (κ1) is 26.0. The van der Waals surface area contributed by atoms with Crippen molar-refractivity contribution in [1.82, 2.24) is 4.90 Å². The smallest absolute Gasteiger partial charge is 0.416 e. The summed E-state index contributed by atoms with van der Waals surface area (Å²) in [5.41, 5.74) is -0.868. The molecule has 4 rings (SSSR count). The number of hydrogen-bond acceptors (Lipinski definition) is 5. The van der Waals surface area contributed by atoms with Crippen LogP contribution in [0.15, 0.2) is 101 Å². The lowest BCUT2D eigenvalue weighted by atomic mass is 10.1. The molecule has 0 fully saturated rings. The van der Waals surface area contributed by atoms with Gasteiger partial charge in [-0.1, -0.05) is 30.3 Å². The molecule has 0 unspecified atom stereocenters. The Morgan fingerprint density at radius 3 is 2.35 bits per heavy atom. The fraction of sp³-hybridized carbons (Fsp3) is 0.115. The summed E-state index contributed by atoms with van der Waals surface area (Å²) in [6.07, 6.45) is -3.30. The van der Waals surface area contributed by atoms with Gasteiger partial charge in [0.1, 0.15) is 22.2 Å². The molecular weight excluding hydrogens is 514 g/mol. The fourth-order valence-corrected chi connectivity index (χ4v) is 4.48. The van der Waals surface area contributed by atoms with Crippen LogP contribution in [0.1, 0.15) is 27.2 Å². The zero-order valence-corrected chi connectivity index (χ0v) is 19.8. The summed E-state index contributed by atoms with van der Waals surface area (Å²) < 4.78 is 89.0. The molecule has 0 spiro atoms. The van der Waals surface area contributed by atoms with Crippen LogP contribution in [0.5, 0.6) is 5.75 Å².